The molecule has 2 heterocycles. The first-order valence-electron chi connectivity index (χ1n) is 6.40. The summed E-state index contributed by atoms with van der Waals surface area (Å²) in [5.74, 6) is 0.298. The molecule has 2 fully saturated rings. The zero-order valence-corrected chi connectivity index (χ0v) is 11.4. The molecule has 4 nitrogen and oxygen atoms in total. The van der Waals surface area contributed by atoms with E-state index in [9.17, 15) is 4.79 Å². The van der Waals surface area contributed by atoms with Gasteiger partial charge in [-0.2, -0.15) is 11.8 Å². The van der Waals surface area contributed by atoms with Gasteiger partial charge in [0.25, 0.3) is 0 Å². The minimum absolute atomic E-state index is 0.298. The maximum atomic E-state index is 12.1. The predicted octanol–water partition coefficient (Wildman–Crippen LogP) is 0.673. The number of thioether (sulfide) groups is 1. The van der Waals surface area contributed by atoms with Crippen molar-refractivity contribution in [1.82, 2.24) is 9.80 Å². The summed E-state index contributed by atoms with van der Waals surface area (Å²) < 4.78 is 5.29. The normalized spacial score (nSPS) is 23.9. The van der Waals surface area contributed by atoms with E-state index in [0.29, 0.717) is 12.5 Å². The molecule has 0 spiro atoms. The van der Waals surface area contributed by atoms with Crippen LogP contribution in [-0.4, -0.2) is 73.2 Å². The van der Waals surface area contributed by atoms with Gasteiger partial charge in [0.05, 0.1) is 19.8 Å². The zero-order chi connectivity index (χ0) is 12.1. The van der Waals surface area contributed by atoms with Gasteiger partial charge in [-0.15, -0.1) is 0 Å². The van der Waals surface area contributed by atoms with E-state index in [1.807, 2.05) is 16.7 Å². The van der Waals surface area contributed by atoms with Crippen LogP contribution >= 0.6 is 11.8 Å². The van der Waals surface area contributed by atoms with E-state index in [2.05, 4.69) is 11.2 Å². The smallest absolute Gasteiger partial charge is 0.236 e. The van der Waals surface area contributed by atoms with Crippen molar-refractivity contribution in [3.8, 4) is 0 Å². The van der Waals surface area contributed by atoms with Crippen LogP contribution < -0.4 is 0 Å². The molecule has 0 bridgehead atoms. The van der Waals surface area contributed by atoms with E-state index >= 15 is 0 Å². The van der Waals surface area contributed by atoms with E-state index in [-0.39, 0.29) is 0 Å². The lowest BCUT2D eigenvalue weighted by Gasteiger charge is -2.33. The third-order valence-corrected chi connectivity index (χ3v) is 4.73. The second-order valence-electron chi connectivity index (χ2n) is 4.70. The van der Waals surface area contributed by atoms with Gasteiger partial charge in [-0.05, 0) is 19.1 Å². The number of hydrogen-bond acceptors (Lipinski definition) is 4. The molecule has 2 aliphatic heterocycles. The summed E-state index contributed by atoms with van der Waals surface area (Å²) in [5.41, 5.74) is 0. The molecule has 0 aliphatic carbocycles. The highest BCUT2D eigenvalue weighted by atomic mass is 32.2. The van der Waals surface area contributed by atoms with Crippen molar-refractivity contribution in [3.05, 3.63) is 0 Å². The van der Waals surface area contributed by atoms with Crippen molar-refractivity contribution in [2.45, 2.75) is 18.1 Å². The Kier molecular flexibility index (Phi) is 5.13. The molecule has 98 valence electrons. The lowest BCUT2D eigenvalue weighted by atomic mass is 10.1. The maximum absolute atomic E-state index is 12.1. The number of likely N-dealkylation sites (tertiary alicyclic amines) is 1. The number of morpholine rings is 1. The molecule has 0 unspecified atom stereocenters. The first-order chi connectivity index (χ1) is 8.29. The quantitative estimate of drug-likeness (QED) is 0.745. The molecule has 0 saturated carbocycles. The van der Waals surface area contributed by atoms with Crippen molar-refractivity contribution in [2.75, 3.05) is 52.2 Å². The summed E-state index contributed by atoms with van der Waals surface area (Å²) in [7, 11) is 0. The van der Waals surface area contributed by atoms with Crippen LogP contribution in [0.4, 0.5) is 0 Å². The molecule has 5 heteroatoms. The van der Waals surface area contributed by atoms with E-state index in [4.69, 9.17) is 4.74 Å². The lowest BCUT2D eigenvalue weighted by Crippen LogP contribution is -2.47. The number of carbonyl (C=O) groups excluding carboxylic acids is 1. The van der Waals surface area contributed by atoms with Gasteiger partial charge >= 0.3 is 0 Å². The highest BCUT2D eigenvalue weighted by Crippen LogP contribution is 2.20. The second kappa shape index (κ2) is 6.61. The summed E-state index contributed by atoms with van der Waals surface area (Å²) in [5, 5.41) is 0.752. The molecular formula is C12H22N2O2S. The molecule has 0 aromatic rings. The van der Waals surface area contributed by atoms with Crippen molar-refractivity contribution in [2.24, 2.45) is 0 Å². The number of ether oxygens (including phenoxy) is 1. The number of piperidine rings is 1. The topological polar surface area (TPSA) is 32.8 Å². The average molecular weight is 258 g/mol. The zero-order valence-electron chi connectivity index (χ0n) is 10.6. The number of hydrogen-bond donors (Lipinski definition) is 0. The van der Waals surface area contributed by atoms with Gasteiger partial charge in [-0.3, -0.25) is 9.69 Å². The van der Waals surface area contributed by atoms with Gasteiger partial charge < -0.3 is 9.64 Å². The third-order valence-electron chi connectivity index (χ3n) is 3.59. The fourth-order valence-electron chi connectivity index (χ4n) is 2.39. The molecule has 0 N–H and O–H groups in total. The number of rotatable bonds is 3. The third kappa shape index (κ3) is 3.86. The van der Waals surface area contributed by atoms with E-state index < -0.39 is 0 Å². The van der Waals surface area contributed by atoms with Crippen molar-refractivity contribution >= 4 is 17.7 Å². The van der Waals surface area contributed by atoms with Crippen molar-refractivity contribution < 1.29 is 9.53 Å². The van der Waals surface area contributed by atoms with Gasteiger partial charge in [0.1, 0.15) is 0 Å². The van der Waals surface area contributed by atoms with Crippen LogP contribution in [0.5, 0.6) is 0 Å². The van der Waals surface area contributed by atoms with Crippen LogP contribution in [0.3, 0.4) is 0 Å². The Morgan fingerprint density at radius 3 is 2.47 bits per heavy atom. The van der Waals surface area contributed by atoms with Gasteiger partial charge in [-0.1, -0.05) is 0 Å². The highest BCUT2D eigenvalue weighted by Gasteiger charge is 2.23. The fourth-order valence-corrected chi connectivity index (χ4v) is 3.07. The van der Waals surface area contributed by atoms with Crippen LogP contribution in [-0.2, 0) is 9.53 Å². The Labute approximate surface area is 108 Å². The average Bonchev–Trinajstić information content (AvgIpc) is 2.40. The second-order valence-corrected chi connectivity index (χ2v) is 5.84. The minimum atomic E-state index is 0.298. The SMILES string of the molecule is CSC1CCN(C(=O)CN2CCOCC2)CC1. The van der Waals surface area contributed by atoms with Gasteiger partial charge in [0.15, 0.2) is 0 Å². The summed E-state index contributed by atoms with van der Waals surface area (Å²) >= 11 is 1.93. The first kappa shape index (κ1) is 13.2. The van der Waals surface area contributed by atoms with Crippen LogP contribution in [0.1, 0.15) is 12.8 Å². The van der Waals surface area contributed by atoms with Crippen LogP contribution in [0.2, 0.25) is 0 Å². The highest BCUT2D eigenvalue weighted by molar-refractivity contribution is 7.99. The Bertz CT molecular complexity index is 249. The number of nitrogens with zero attached hydrogens (tertiary/aromatic N) is 2. The lowest BCUT2D eigenvalue weighted by molar-refractivity contribution is -0.134. The molecular weight excluding hydrogens is 236 g/mol. The molecule has 0 aromatic carbocycles. The molecule has 1 amide bonds. The van der Waals surface area contributed by atoms with E-state index in [0.717, 1.165) is 57.5 Å². The Hall–Kier alpha value is -0.260. The molecule has 0 radical (unpaired) electrons. The van der Waals surface area contributed by atoms with E-state index in [1.165, 1.54) is 0 Å². The summed E-state index contributed by atoms with van der Waals surface area (Å²) in [6.45, 7) is 5.78. The maximum Gasteiger partial charge on any atom is 0.236 e. The molecule has 0 atom stereocenters. The predicted molar refractivity (Wildman–Crippen MR) is 70.4 cm³/mol. The molecule has 2 rings (SSSR count). The number of carbonyl (C=O) groups is 1. The van der Waals surface area contributed by atoms with Crippen LogP contribution in [0.15, 0.2) is 0 Å². The Morgan fingerprint density at radius 1 is 1.24 bits per heavy atom. The fraction of sp³-hybridized carbons (Fsp3) is 0.917. The van der Waals surface area contributed by atoms with Crippen LogP contribution in [0, 0.1) is 0 Å². The Morgan fingerprint density at radius 2 is 1.88 bits per heavy atom. The van der Waals surface area contributed by atoms with Crippen molar-refractivity contribution in [3.63, 3.8) is 0 Å². The van der Waals surface area contributed by atoms with Gasteiger partial charge in [0.2, 0.25) is 5.91 Å². The Balaban J connectivity index is 1.72. The first-order valence-corrected chi connectivity index (χ1v) is 7.69. The van der Waals surface area contributed by atoms with Crippen LogP contribution in [0.25, 0.3) is 0 Å². The van der Waals surface area contributed by atoms with E-state index in [1.54, 1.807) is 0 Å². The minimum Gasteiger partial charge on any atom is -0.379 e. The molecule has 0 aromatic heterocycles. The monoisotopic (exact) mass is 258 g/mol. The van der Waals surface area contributed by atoms with Crippen molar-refractivity contribution in [1.29, 1.82) is 0 Å². The van der Waals surface area contributed by atoms with Gasteiger partial charge in [0, 0.05) is 31.4 Å². The summed E-state index contributed by atoms with van der Waals surface area (Å²) in [6, 6.07) is 0. The standard InChI is InChI=1S/C12H22N2O2S/c1-17-11-2-4-14(5-3-11)12(15)10-13-6-8-16-9-7-13/h11H,2-10H2,1H3. The molecule has 2 saturated heterocycles. The number of amides is 1. The summed E-state index contributed by atoms with van der Waals surface area (Å²) in [4.78, 5) is 16.3. The van der Waals surface area contributed by atoms with Gasteiger partial charge in [-0.25, -0.2) is 0 Å². The summed E-state index contributed by atoms with van der Waals surface area (Å²) in [6.07, 6.45) is 4.46. The largest absolute Gasteiger partial charge is 0.379 e. The molecule has 17 heavy (non-hydrogen) atoms. The molecule has 2 aliphatic rings.